The van der Waals surface area contributed by atoms with Crippen LogP contribution in [0.4, 0.5) is 28.4 Å². The highest BCUT2D eigenvalue weighted by molar-refractivity contribution is 6.74. The predicted molar refractivity (Wildman–Crippen MR) is 581 cm³/mol. The lowest BCUT2D eigenvalue weighted by atomic mass is 9.57. The lowest BCUT2D eigenvalue weighted by Gasteiger charge is -2.39. The fourth-order valence-electron chi connectivity index (χ4n) is 22.4. The Balaban J connectivity index is 0.000000129. The van der Waals surface area contributed by atoms with E-state index >= 15 is 0 Å². The normalized spacial score (nSPS) is 13.1. The molecule has 0 fully saturated rings. The van der Waals surface area contributed by atoms with Crippen LogP contribution in [0.3, 0.4) is 0 Å². The quantitative estimate of drug-likeness (QED) is 0.114. The van der Waals surface area contributed by atoms with Gasteiger partial charge in [-0.1, -0.05) is 330 Å². The maximum atomic E-state index is 6.89. The average Bonchev–Trinajstić information content (AvgIpc) is 1.65. The van der Waals surface area contributed by atoms with Gasteiger partial charge in [0.2, 0.25) is 0 Å². The molecule has 0 saturated carbocycles. The van der Waals surface area contributed by atoms with Gasteiger partial charge in [0, 0.05) is 61.4 Å². The first-order valence-corrected chi connectivity index (χ1v) is 49.6. The van der Waals surface area contributed by atoms with Crippen molar-refractivity contribution >= 4 is 78.3 Å². The third-order valence-electron chi connectivity index (χ3n) is 29.3. The summed E-state index contributed by atoms with van der Waals surface area (Å²) in [7, 11) is 10.6. The Morgan fingerprint density at radius 3 is 1.00 bits per heavy atom. The van der Waals surface area contributed by atoms with E-state index in [1.807, 2.05) is 0 Å². The first-order valence-electron chi connectivity index (χ1n) is 49.6. The zero-order chi connectivity index (χ0) is 97.8. The molecule has 694 valence electrons. The zero-order valence-corrected chi connectivity index (χ0v) is 87.1. The molecule has 137 heavy (non-hydrogen) atoms. The largest absolute Gasteiger partial charge is 0.647 e. The predicted octanol–water partition coefficient (Wildman–Crippen LogP) is 24.2. The van der Waals surface area contributed by atoms with Crippen LogP contribution >= 0.6 is 0 Å². The number of aromatic nitrogens is 8. The van der Waals surface area contributed by atoms with Crippen molar-refractivity contribution in [2.45, 2.75) is 213 Å². The summed E-state index contributed by atoms with van der Waals surface area (Å²) in [5.74, 6) is 7.55. The molecule has 0 radical (unpaired) electrons. The number of fused-ring (bicyclic) bond motifs is 12. The fourth-order valence-corrected chi connectivity index (χ4v) is 22.4. The number of hydrogen-bond acceptors (Lipinski definition) is 4. The highest BCUT2D eigenvalue weighted by Gasteiger charge is 2.54. The summed E-state index contributed by atoms with van der Waals surface area (Å²) < 4.78 is 25.7. The van der Waals surface area contributed by atoms with Gasteiger partial charge in [-0.05, 0) is 221 Å². The first-order chi connectivity index (χ1) is 65.2. The summed E-state index contributed by atoms with van der Waals surface area (Å²) >= 11 is 0. The van der Waals surface area contributed by atoms with Gasteiger partial charge in [-0.15, -0.1) is 0 Å². The molecule has 4 aliphatic rings. The van der Waals surface area contributed by atoms with Crippen molar-refractivity contribution in [1.82, 2.24) is 18.3 Å². The minimum Gasteiger partial charge on any atom is -0.517 e. The van der Waals surface area contributed by atoms with Crippen LogP contribution in [0.1, 0.15) is 225 Å². The molecule has 0 spiro atoms. The molecule has 0 aliphatic carbocycles. The number of anilines is 5. The van der Waals surface area contributed by atoms with Gasteiger partial charge in [0.25, 0.3) is 23.3 Å². The number of hydrogen-bond donors (Lipinski definition) is 0. The molecule has 8 heterocycles. The first kappa shape index (κ1) is 95.7. The lowest BCUT2D eigenvalue weighted by molar-refractivity contribution is -0.534. The lowest BCUT2D eigenvalue weighted by Crippen LogP contribution is -2.71. The van der Waals surface area contributed by atoms with Gasteiger partial charge in [0.1, 0.15) is 60.9 Å². The van der Waals surface area contributed by atoms with E-state index in [1.165, 1.54) is 202 Å². The van der Waals surface area contributed by atoms with Crippen LogP contribution in [0, 0.1) is 55.4 Å². The zero-order valence-electron chi connectivity index (χ0n) is 87.1. The fraction of sp³-hybridized carbons (Fsp3) is 0.306. The maximum Gasteiger partial charge on any atom is 0.647 e. The highest BCUT2D eigenvalue weighted by atomic mass is 16.4. The number of imidazole rings is 4. The van der Waals surface area contributed by atoms with E-state index in [2.05, 4.69) is 545 Å². The molecule has 0 unspecified atom stereocenters. The second kappa shape index (κ2) is 37.4. The van der Waals surface area contributed by atoms with E-state index in [0.717, 1.165) is 5.75 Å². The molecule has 4 aliphatic heterocycles. The third kappa shape index (κ3) is 17.2. The molecule has 16 heteroatoms. The van der Waals surface area contributed by atoms with Gasteiger partial charge < -0.3 is 19.1 Å². The Morgan fingerprint density at radius 2 is 0.599 bits per heavy atom. The summed E-state index contributed by atoms with van der Waals surface area (Å²) in [5.41, 5.74) is 42.0. The van der Waals surface area contributed by atoms with Crippen molar-refractivity contribution < 1.29 is 22.6 Å². The van der Waals surface area contributed by atoms with E-state index in [4.69, 9.17) is 4.65 Å². The smallest absolute Gasteiger partial charge is 0.517 e. The number of rotatable bonds is 12. The van der Waals surface area contributed by atoms with Crippen LogP contribution in [0.25, 0.3) is 67.8 Å². The molecule has 20 rings (SSSR count). The summed E-state index contributed by atoms with van der Waals surface area (Å²) in [5, 5.41) is 0. The van der Waals surface area contributed by atoms with E-state index in [1.54, 1.807) is 0 Å². The summed E-state index contributed by atoms with van der Waals surface area (Å²) in [6.07, 6.45) is 17.7. The topological polar surface area (TPSA) is 54.2 Å². The van der Waals surface area contributed by atoms with Gasteiger partial charge in [0.05, 0.1) is 44.9 Å². The molecular formula is C121H141B4N11O+4. The van der Waals surface area contributed by atoms with Crippen molar-refractivity contribution in [3.05, 3.63) is 370 Å². The molecule has 0 bridgehead atoms. The van der Waals surface area contributed by atoms with Crippen LogP contribution in [0.2, 0.25) is 0 Å². The highest BCUT2D eigenvalue weighted by Crippen LogP contribution is 2.51. The average molecular weight is 1810 g/mol. The minimum atomic E-state index is -0.215. The van der Waals surface area contributed by atoms with E-state index in [9.17, 15) is 0 Å². The van der Waals surface area contributed by atoms with E-state index in [-0.39, 0.29) is 44.2 Å². The van der Waals surface area contributed by atoms with Crippen molar-refractivity contribution in [3.8, 4) is 73.6 Å². The number of benzene rings is 12. The number of aryl methyl sites for hydroxylation is 12. The molecule has 0 amide bonds. The monoisotopic (exact) mass is 1810 g/mol. The third-order valence-corrected chi connectivity index (χ3v) is 29.3. The molecule has 12 aromatic carbocycles. The number of para-hydroxylation sites is 2. The molecule has 0 N–H and O–H groups in total. The van der Waals surface area contributed by atoms with Crippen LogP contribution in [-0.2, 0) is 44.4 Å². The van der Waals surface area contributed by atoms with Gasteiger partial charge in [-0.2, -0.15) is 0 Å². The Hall–Kier alpha value is -13.1. The second-order valence-electron chi connectivity index (χ2n) is 43.4. The minimum absolute atomic E-state index is 0.00361. The Bertz CT molecular complexity index is 7060. The Labute approximate surface area is 819 Å². The molecule has 4 aromatic heterocycles. The Kier molecular flexibility index (Phi) is 26.1. The van der Waals surface area contributed by atoms with Crippen molar-refractivity contribution in [2.24, 2.45) is 28.2 Å². The van der Waals surface area contributed by atoms with Gasteiger partial charge in [-0.3, -0.25) is 17.9 Å². The summed E-state index contributed by atoms with van der Waals surface area (Å²) in [4.78, 5) is 7.72. The molecule has 16 aromatic rings. The van der Waals surface area contributed by atoms with Crippen LogP contribution in [0.15, 0.2) is 286 Å². The number of nitrogens with zero attached hydrogens (tertiary/aromatic N) is 11. The molecular weight excluding hydrogens is 1670 g/mol. The van der Waals surface area contributed by atoms with Gasteiger partial charge in [0.15, 0.2) is 0 Å². The Morgan fingerprint density at radius 1 is 0.285 bits per heavy atom. The van der Waals surface area contributed by atoms with Gasteiger partial charge >= 0.3 is 28.0 Å². The maximum absolute atomic E-state index is 6.89. The van der Waals surface area contributed by atoms with Gasteiger partial charge in [-0.25, -0.2) is 18.3 Å². The van der Waals surface area contributed by atoms with Crippen molar-refractivity contribution in [3.63, 3.8) is 0 Å². The van der Waals surface area contributed by atoms with Crippen LogP contribution in [-0.4, -0.2) is 53.3 Å². The van der Waals surface area contributed by atoms with E-state index in [0.29, 0.717) is 23.7 Å². The molecule has 12 nitrogen and oxygen atoms in total. The SMILES string of the molecule is Cc1cccc(C)c1B1N(C)c2cccc(C)c2-c2n(C)cc[n+]21.Cc1cccc(C)c1B1N(c2c(-c3ccccc3)cccc2-c2ccccc2)c2cccc(C)c2-c2n(C)cc[n+]21.Cc1cccc2c1-c1n(C)cc[n+]1B(c1c(C(C)(C)C)cc(C(C)(C)C)cc1C(C)(C)C)O2.Cc1cccc2c1-c1n(C)cc[n+]1B(c1c(C(C)C)cccc1C(C)C)N2c1c(C(C)C)cccc1C(C)C. The second-order valence-corrected chi connectivity index (χ2v) is 43.4. The van der Waals surface area contributed by atoms with E-state index < -0.39 is 0 Å². The molecule has 0 atom stereocenters. The summed E-state index contributed by atoms with van der Waals surface area (Å²) in [6.45, 7) is 57.4. The summed E-state index contributed by atoms with van der Waals surface area (Å²) in [6, 6.07) is 87.0. The molecule has 0 saturated heterocycles. The van der Waals surface area contributed by atoms with Crippen LogP contribution < -0.4 is 58.9 Å². The van der Waals surface area contributed by atoms with Crippen molar-refractivity contribution in [1.29, 1.82) is 0 Å². The standard InChI is InChI=1S/C37H33BN3.C35H45BN3.C29H40BN2O.C20H23BN3/c1-26-14-12-23-33-34(26)37-39(4)24-25-40(37)38(35-27(2)15-11-16-28(35)3)41(33)36-31(29-17-7-5-8-18-29)21-13-22-32(36)30-19-9-6-10-20-30;1-22(2)27-15-12-16-28(23(3)4)33(27)36-38-21-20-37(10)35(38)32-26(9)14-11-19-31(32)39(36)34-29(24(5)6)17-13-18-30(34)25(7)8;1-19-13-12-14-23-24(19)26-31(11)15-16-32(26)30(33-23)25-21(28(5,6)7)17-20(27(2,3)4)18-22(25)29(8,9)10;1-14-8-7-11-17-18(14)20-22(4)12-13-24(20)21(23(17)5)19-15(2)9-6-10-16(19)3/h5-25H,1-4H3;11-25H,1-10H3;12-18H,1-11H3;6-13H,1-5H3/q4*+1. The van der Waals surface area contributed by atoms with Crippen LogP contribution in [0.5, 0.6) is 5.75 Å². The van der Waals surface area contributed by atoms with Crippen molar-refractivity contribution in [2.75, 3.05) is 21.5 Å².